The highest BCUT2D eigenvalue weighted by molar-refractivity contribution is 6.07. The molecule has 7 atom stereocenters. The molecule has 1 unspecified atom stereocenters. The number of nitrogens with zero attached hydrogens (tertiary/aromatic N) is 1. The van der Waals surface area contributed by atoms with Crippen LogP contribution in [0.25, 0.3) is 11.0 Å². The summed E-state index contributed by atoms with van der Waals surface area (Å²) in [7, 11) is 1.18. The molecule has 0 radical (unpaired) electrons. The zero-order valence-electron chi connectivity index (χ0n) is 18.7. The molecule has 0 bridgehead atoms. The lowest BCUT2D eigenvalue weighted by Gasteiger charge is -2.65. The Bertz CT molecular complexity index is 1360. The zero-order chi connectivity index (χ0) is 24.9. The van der Waals surface area contributed by atoms with Crippen LogP contribution in [0.4, 0.5) is 4.79 Å². The quantitative estimate of drug-likeness (QED) is 0.384. The summed E-state index contributed by atoms with van der Waals surface area (Å²) in [5.74, 6) is -2.01. The Morgan fingerprint density at radius 2 is 2.06 bits per heavy atom. The minimum Gasteiger partial charge on any atom is -0.472 e. The number of aliphatic hydroxyl groups is 2. The summed E-state index contributed by atoms with van der Waals surface area (Å²) in [6.45, 7) is 1.15. The van der Waals surface area contributed by atoms with Gasteiger partial charge in [0.1, 0.15) is 29.7 Å². The van der Waals surface area contributed by atoms with Gasteiger partial charge in [-0.2, -0.15) is 0 Å². The minimum atomic E-state index is -1.79. The van der Waals surface area contributed by atoms with Crippen molar-refractivity contribution in [3.05, 3.63) is 40.2 Å². The standard InChI is InChI=1S/C23H22N2O10/c1-22-17-10-5-9-3-4-16(28)34-12(9)7-13(10)35-23(17,20(30)32-2)18(22)25(21(31)24-19(22)29)15-6-11(27)14(8-26)33-15/h3-5,7,11,14-15,17-18,26-27H,6,8H2,1-2H3,(H,24,29,31)/t11-,14+,15+,17-,18+,22?,23-/m0/s1. The zero-order valence-corrected chi connectivity index (χ0v) is 18.7. The van der Waals surface area contributed by atoms with Crippen molar-refractivity contribution >= 4 is 28.9 Å². The van der Waals surface area contributed by atoms with Crippen LogP contribution in [-0.2, 0) is 19.1 Å². The molecule has 1 aromatic heterocycles. The molecule has 3 aliphatic heterocycles. The monoisotopic (exact) mass is 486 g/mol. The molecule has 12 nitrogen and oxygen atoms in total. The fourth-order valence-corrected chi connectivity index (χ4v) is 6.33. The maximum absolute atomic E-state index is 13.3. The highest BCUT2D eigenvalue weighted by Crippen LogP contribution is 2.69. The number of imide groups is 1. The molecule has 1 saturated carbocycles. The number of urea groups is 1. The summed E-state index contributed by atoms with van der Waals surface area (Å²) < 4.78 is 22.3. The first-order valence-electron chi connectivity index (χ1n) is 11.1. The van der Waals surface area contributed by atoms with E-state index < -0.39 is 71.6 Å². The Hall–Kier alpha value is -3.48. The van der Waals surface area contributed by atoms with E-state index in [4.69, 9.17) is 18.6 Å². The number of esters is 1. The van der Waals surface area contributed by atoms with Gasteiger partial charge in [-0.3, -0.25) is 15.0 Å². The maximum Gasteiger partial charge on any atom is 0.353 e. The van der Waals surface area contributed by atoms with E-state index in [1.54, 1.807) is 19.1 Å². The second kappa shape index (κ2) is 7.03. The number of methoxy groups -OCH3 is 1. The Labute approximate surface area is 197 Å². The van der Waals surface area contributed by atoms with E-state index in [9.17, 15) is 29.4 Å². The molecule has 2 saturated heterocycles. The number of carbonyl (C=O) groups is 3. The highest BCUT2D eigenvalue weighted by atomic mass is 16.6. The van der Waals surface area contributed by atoms with Crippen molar-refractivity contribution in [1.82, 2.24) is 10.2 Å². The van der Waals surface area contributed by atoms with Gasteiger partial charge in [-0.15, -0.1) is 0 Å². The number of benzene rings is 1. The van der Waals surface area contributed by atoms with Crippen LogP contribution in [0, 0.1) is 5.41 Å². The SMILES string of the molecule is COC(=O)[C@]12Oc3cc4oc(=O)ccc4cc3[C@H]1C1(C)C(=O)NC(=O)N([C@H]3C[C@H](O)[C@@H](CO)O3)[C@H]12. The predicted molar refractivity (Wildman–Crippen MR) is 114 cm³/mol. The average Bonchev–Trinajstić information content (AvgIpc) is 3.34. The van der Waals surface area contributed by atoms with Crippen LogP contribution in [0.1, 0.15) is 24.8 Å². The molecule has 1 aromatic carbocycles. The van der Waals surface area contributed by atoms with Gasteiger partial charge in [0.05, 0.1) is 31.2 Å². The number of fused-ring (bicyclic) bond motifs is 7. The van der Waals surface area contributed by atoms with Gasteiger partial charge < -0.3 is 28.8 Å². The topological polar surface area (TPSA) is 165 Å². The van der Waals surface area contributed by atoms with E-state index in [2.05, 4.69) is 5.32 Å². The summed E-state index contributed by atoms with van der Waals surface area (Å²) in [6.07, 6.45) is -3.06. The summed E-state index contributed by atoms with van der Waals surface area (Å²) in [6, 6.07) is 4.04. The number of ether oxygens (including phenoxy) is 3. The van der Waals surface area contributed by atoms with Gasteiger partial charge in [0, 0.05) is 29.5 Å². The molecule has 3 N–H and O–H groups in total. The minimum absolute atomic E-state index is 0.0384. The number of aliphatic hydroxyl groups excluding tert-OH is 2. The molecule has 12 heteroatoms. The first-order chi connectivity index (χ1) is 16.7. The lowest BCUT2D eigenvalue weighted by Crippen LogP contribution is -2.87. The molecule has 0 spiro atoms. The van der Waals surface area contributed by atoms with Gasteiger partial charge in [0.25, 0.3) is 0 Å². The van der Waals surface area contributed by atoms with Crippen molar-refractivity contribution in [1.29, 1.82) is 0 Å². The van der Waals surface area contributed by atoms with Gasteiger partial charge in [-0.25, -0.2) is 14.4 Å². The number of hydrogen-bond acceptors (Lipinski definition) is 10. The molecule has 3 fully saturated rings. The molecular formula is C23H22N2O10. The molecular weight excluding hydrogens is 464 g/mol. The first kappa shape index (κ1) is 22.0. The van der Waals surface area contributed by atoms with E-state index in [-0.39, 0.29) is 17.8 Å². The molecule has 4 heterocycles. The number of rotatable bonds is 3. The fourth-order valence-electron chi connectivity index (χ4n) is 6.33. The van der Waals surface area contributed by atoms with Gasteiger partial charge in [0.15, 0.2) is 0 Å². The number of carbonyl (C=O) groups excluding carboxylic acids is 3. The predicted octanol–water partition coefficient (Wildman–Crippen LogP) is -0.411. The van der Waals surface area contributed by atoms with E-state index in [0.29, 0.717) is 10.9 Å². The summed E-state index contributed by atoms with van der Waals surface area (Å²) in [5, 5.41) is 22.7. The fraction of sp³-hybridized carbons (Fsp3) is 0.478. The third-order valence-corrected chi connectivity index (χ3v) is 7.77. The van der Waals surface area contributed by atoms with Crippen molar-refractivity contribution in [3.63, 3.8) is 0 Å². The van der Waals surface area contributed by atoms with Crippen LogP contribution >= 0.6 is 0 Å². The van der Waals surface area contributed by atoms with E-state index in [0.717, 1.165) is 0 Å². The summed E-state index contributed by atoms with van der Waals surface area (Å²) in [5.41, 5.74) is -2.92. The van der Waals surface area contributed by atoms with Crippen LogP contribution in [0.5, 0.6) is 5.75 Å². The molecule has 35 heavy (non-hydrogen) atoms. The van der Waals surface area contributed by atoms with Crippen LogP contribution in [0.3, 0.4) is 0 Å². The molecule has 3 amide bonds. The first-order valence-corrected chi connectivity index (χ1v) is 11.1. The van der Waals surface area contributed by atoms with Crippen LogP contribution < -0.4 is 15.7 Å². The van der Waals surface area contributed by atoms with Gasteiger partial charge in [-0.1, -0.05) is 0 Å². The van der Waals surface area contributed by atoms with Crippen LogP contribution in [0.15, 0.2) is 33.5 Å². The van der Waals surface area contributed by atoms with Gasteiger partial charge >= 0.3 is 17.6 Å². The second-order valence-corrected chi connectivity index (χ2v) is 9.47. The molecule has 1 aliphatic carbocycles. The van der Waals surface area contributed by atoms with Gasteiger partial charge in [-0.05, 0) is 19.1 Å². The molecule has 184 valence electrons. The summed E-state index contributed by atoms with van der Waals surface area (Å²) >= 11 is 0. The third-order valence-electron chi connectivity index (χ3n) is 7.77. The van der Waals surface area contributed by atoms with Crippen molar-refractivity contribution in [2.24, 2.45) is 5.41 Å². The molecule has 6 rings (SSSR count). The van der Waals surface area contributed by atoms with Crippen molar-refractivity contribution in [3.8, 4) is 5.75 Å². The van der Waals surface area contributed by atoms with E-state index in [1.807, 2.05) is 0 Å². The Kier molecular flexibility index (Phi) is 4.42. The lowest BCUT2D eigenvalue weighted by molar-refractivity contribution is -0.228. The van der Waals surface area contributed by atoms with Crippen LogP contribution in [-0.4, -0.2) is 76.8 Å². The average molecular weight is 486 g/mol. The number of nitrogens with one attached hydrogen (secondary N) is 1. The van der Waals surface area contributed by atoms with E-state index >= 15 is 0 Å². The Balaban J connectivity index is 1.53. The number of hydrogen-bond donors (Lipinski definition) is 3. The van der Waals surface area contributed by atoms with Crippen LogP contribution in [0.2, 0.25) is 0 Å². The number of amides is 3. The van der Waals surface area contributed by atoms with E-state index in [1.165, 1.54) is 24.1 Å². The third kappa shape index (κ3) is 2.56. The normalized spacial score (nSPS) is 37.1. The molecule has 4 aliphatic rings. The Morgan fingerprint density at radius 1 is 1.29 bits per heavy atom. The van der Waals surface area contributed by atoms with Gasteiger partial charge in [0.2, 0.25) is 11.5 Å². The highest BCUT2D eigenvalue weighted by Gasteiger charge is 2.85. The Morgan fingerprint density at radius 3 is 2.74 bits per heavy atom. The maximum atomic E-state index is 13.3. The summed E-state index contributed by atoms with van der Waals surface area (Å²) in [4.78, 5) is 52.6. The lowest BCUT2D eigenvalue weighted by atomic mass is 9.45. The second-order valence-electron chi connectivity index (χ2n) is 9.47. The largest absolute Gasteiger partial charge is 0.472 e. The van der Waals surface area contributed by atoms with Crippen molar-refractivity contribution < 1.29 is 43.2 Å². The van der Waals surface area contributed by atoms with Crippen molar-refractivity contribution in [2.75, 3.05) is 13.7 Å². The van der Waals surface area contributed by atoms with Crippen molar-refractivity contribution in [2.45, 2.75) is 49.3 Å². The smallest absolute Gasteiger partial charge is 0.353 e. The molecule has 2 aromatic rings.